The highest BCUT2D eigenvalue weighted by molar-refractivity contribution is 9.10. The molecule has 1 heterocycles. The molecular formula is C17H17BrO3S. The van der Waals surface area contributed by atoms with E-state index in [0.717, 1.165) is 26.8 Å². The van der Waals surface area contributed by atoms with Crippen LogP contribution in [0.2, 0.25) is 0 Å². The van der Waals surface area contributed by atoms with E-state index in [1.807, 2.05) is 48.7 Å². The van der Waals surface area contributed by atoms with E-state index in [9.17, 15) is 4.79 Å². The van der Waals surface area contributed by atoms with Crippen molar-refractivity contribution in [3.8, 4) is 0 Å². The Hall–Kier alpha value is -1.14. The largest absolute Gasteiger partial charge is 0.346 e. The van der Waals surface area contributed by atoms with Gasteiger partial charge >= 0.3 is 0 Å². The average Bonchev–Trinajstić information content (AvgIpc) is 3.10. The highest BCUT2D eigenvalue weighted by Crippen LogP contribution is 2.25. The average molecular weight is 381 g/mol. The highest BCUT2D eigenvalue weighted by Gasteiger charge is 2.17. The van der Waals surface area contributed by atoms with Crippen molar-refractivity contribution >= 4 is 34.0 Å². The zero-order valence-corrected chi connectivity index (χ0v) is 14.6. The van der Waals surface area contributed by atoms with Gasteiger partial charge in [0.15, 0.2) is 6.29 Å². The van der Waals surface area contributed by atoms with Gasteiger partial charge in [-0.15, -0.1) is 11.8 Å². The lowest BCUT2D eigenvalue weighted by Crippen LogP contribution is -1.96. The van der Waals surface area contributed by atoms with Crippen molar-refractivity contribution in [2.75, 3.05) is 19.5 Å². The fourth-order valence-electron chi connectivity index (χ4n) is 1.92. The predicted molar refractivity (Wildman–Crippen MR) is 92.4 cm³/mol. The maximum absolute atomic E-state index is 10.3. The molecule has 0 radical (unpaired) electrons. The minimum Gasteiger partial charge on any atom is -0.346 e. The lowest BCUT2D eigenvalue weighted by molar-refractivity contribution is -0.0441. The second-order valence-corrected chi connectivity index (χ2v) is 6.32. The maximum Gasteiger partial charge on any atom is 0.184 e. The number of rotatable bonds is 3. The van der Waals surface area contributed by atoms with Crippen LogP contribution in [0.15, 0.2) is 57.9 Å². The van der Waals surface area contributed by atoms with Crippen molar-refractivity contribution < 1.29 is 14.3 Å². The molecule has 116 valence electrons. The molecule has 0 amide bonds. The van der Waals surface area contributed by atoms with E-state index >= 15 is 0 Å². The zero-order valence-electron chi connectivity index (χ0n) is 12.2. The van der Waals surface area contributed by atoms with Gasteiger partial charge in [0.1, 0.15) is 6.29 Å². The van der Waals surface area contributed by atoms with Crippen LogP contribution >= 0.6 is 27.7 Å². The predicted octanol–water partition coefficient (Wildman–Crippen LogP) is 4.72. The highest BCUT2D eigenvalue weighted by atomic mass is 79.9. The van der Waals surface area contributed by atoms with Crippen LogP contribution in [-0.4, -0.2) is 25.8 Å². The fourth-order valence-corrected chi connectivity index (χ4v) is 2.80. The summed E-state index contributed by atoms with van der Waals surface area (Å²) in [5.74, 6) is 0. The Labute approximate surface area is 143 Å². The molecule has 1 aliphatic heterocycles. The van der Waals surface area contributed by atoms with Gasteiger partial charge in [-0.25, -0.2) is 0 Å². The van der Waals surface area contributed by atoms with Gasteiger partial charge in [-0.2, -0.15) is 0 Å². The molecular weight excluding hydrogens is 364 g/mol. The van der Waals surface area contributed by atoms with Crippen molar-refractivity contribution in [1.82, 2.24) is 0 Å². The van der Waals surface area contributed by atoms with Gasteiger partial charge in [0.05, 0.1) is 13.2 Å². The number of ether oxygens (including phenoxy) is 2. The first-order valence-corrected chi connectivity index (χ1v) is 8.82. The number of hydrogen-bond donors (Lipinski definition) is 0. The molecule has 5 heteroatoms. The smallest absolute Gasteiger partial charge is 0.184 e. The summed E-state index contributed by atoms with van der Waals surface area (Å²) < 4.78 is 11.8. The summed E-state index contributed by atoms with van der Waals surface area (Å²) in [5, 5.41) is 0. The Morgan fingerprint density at radius 2 is 1.86 bits per heavy atom. The van der Waals surface area contributed by atoms with Crippen LogP contribution in [-0.2, 0) is 9.47 Å². The van der Waals surface area contributed by atoms with Crippen LogP contribution in [0, 0.1) is 0 Å². The molecule has 0 spiro atoms. The Balaban J connectivity index is 0.000000164. The van der Waals surface area contributed by atoms with Crippen molar-refractivity contribution in [2.45, 2.75) is 11.2 Å². The second-order valence-electron chi connectivity index (χ2n) is 4.52. The third-order valence-electron chi connectivity index (χ3n) is 2.97. The molecule has 1 aliphatic rings. The summed E-state index contributed by atoms with van der Waals surface area (Å²) in [5.41, 5.74) is 1.81. The lowest BCUT2D eigenvalue weighted by atomic mass is 10.2. The molecule has 22 heavy (non-hydrogen) atoms. The third kappa shape index (κ3) is 5.25. The second kappa shape index (κ2) is 9.10. The fraction of sp³-hybridized carbons (Fsp3) is 0.235. The minimum atomic E-state index is -0.164. The quantitative estimate of drug-likeness (QED) is 0.570. The van der Waals surface area contributed by atoms with Crippen LogP contribution in [0.5, 0.6) is 0 Å². The number of carbonyl (C=O) groups is 1. The molecule has 3 rings (SSSR count). The lowest BCUT2D eigenvalue weighted by Gasteiger charge is -2.08. The summed E-state index contributed by atoms with van der Waals surface area (Å²) >= 11 is 5.04. The van der Waals surface area contributed by atoms with Crippen molar-refractivity contribution in [1.29, 1.82) is 0 Å². The molecule has 0 bridgehead atoms. The van der Waals surface area contributed by atoms with Gasteiger partial charge in [0.2, 0.25) is 0 Å². The summed E-state index contributed by atoms with van der Waals surface area (Å²) in [4.78, 5) is 11.4. The number of aldehydes is 1. The Morgan fingerprint density at radius 1 is 1.14 bits per heavy atom. The van der Waals surface area contributed by atoms with Crippen molar-refractivity contribution in [3.05, 3.63) is 64.1 Å². The molecule has 2 aromatic rings. The van der Waals surface area contributed by atoms with E-state index < -0.39 is 0 Å². The molecule has 3 nitrogen and oxygen atoms in total. The molecule has 0 aromatic heterocycles. The summed E-state index contributed by atoms with van der Waals surface area (Å²) in [6.45, 7) is 1.38. The Morgan fingerprint density at radius 3 is 2.50 bits per heavy atom. The standard InChI is InChI=1S/C9H9BrO2.C8H8OS/c10-8-3-1-2-7(6-8)9-11-4-5-12-9;1-10-8-4-2-3-7(5-8)6-9/h1-3,6,9H,4-5H2;2-6H,1H3. The van der Waals surface area contributed by atoms with Gasteiger partial charge < -0.3 is 9.47 Å². The SMILES string of the molecule is Brc1cccc(C2OCCO2)c1.CSc1cccc(C=O)c1. The van der Waals surface area contributed by atoms with E-state index in [-0.39, 0.29) is 6.29 Å². The summed E-state index contributed by atoms with van der Waals surface area (Å²) in [6.07, 6.45) is 2.69. The van der Waals surface area contributed by atoms with Crippen LogP contribution < -0.4 is 0 Å². The molecule has 1 fully saturated rings. The van der Waals surface area contributed by atoms with Gasteiger partial charge in [0.25, 0.3) is 0 Å². The number of halogens is 1. The van der Waals surface area contributed by atoms with Gasteiger partial charge in [-0.05, 0) is 30.5 Å². The van der Waals surface area contributed by atoms with E-state index in [1.165, 1.54) is 0 Å². The molecule has 0 unspecified atom stereocenters. The number of benzene rings is 2. The first-order valence-electron chi connectivity index (χ1n) is 6.81. The van der Waals surface area contributed by atoms with Crippen LogP contribution in [0.25, 0.3) is 0 Å². The maximum atomic E-state index is 10.3. The van der Waals surface area contributed by atoms with E-state index in [0.29, 0.717) is 13.2 Å². The van der Waals surface area contributed by atoms with Crippen LogP contribution in [0.4, 0.5) is 0 Å². The van der Waals surface area contributed by atoms with E-state index in [2.05, 4.69) is 15.9 Å². The van der Waals surface area contributed by atoms with Crippen LogP contribution in [0.3, 0.4) is 0 Å². The molecule has 0 saturated carbocycles. The number of thioether (sulfide) groups is 1. The van der Waals surface area contributed by atoms with E-state index in [1.54, 1.807) is 17.8 Å². The third-order valence-corrected chi connectivity index (χ3v) is 4.19. The molecule has 2 aromatic carbocycles. The van der Waals surface area contributed by atoms with Gasteiger partial charge in [-0.3, -0.25) is 4.79 Å². The first kappa shape index (κ1) is 17.2. The number of carbonyl (C=O) groups excluding carboxylic acids is 1. The summed E-state index contributed by atoms with van der Waals surface area (Å²) in [6, 6.07) is 15.5. The van der Waals surface area contributed by atoms with E-state index in [4.69, 9.17) is 9.47 Å². The van der Waals surface area contributed by atoms with Gasteiger partial charge in [0, 0.05) is 20.5 Å². The molecule has 0 aliphatic carbocycles. The monoisotopic (exact) mass is 380 g/mol. The first-order chi connectivity index (χ1) is 10.7. The van der Waals surface area contributed by atoms with Crippen molar-refractivity contribution in [2.24, 2.45) is 0 Å². The normalized spacial score (nSPS) is 14.3. The number of hydrogen-bond acceptors (Lipinski definition) is 4. The Kier molecular flexibility index (Phi) is 7.12. The molecule has 0 N–H and O–H groups in total. The topological polar surface area (TPSA) is 35.5 Å². The molecule has 0 atom stereocenters. The minimum absolute atomic E-state index is 0.164. The van der Waals surface area contributed by atoms with Crippen LogP contribution in [0.1, 0.15) is 22.2 Å². The zero-order chi connectivity index (χ0) is 15.8. The summed E-state index contributed by atoms with van der Waals surface area (Å²) in [7, 11) is 0. The molecule has 1 saturated heterocycles. The van der Waals surface area contributed by atoms with Gasteiger partial charge in [-0.1, -0.05) is 40.2 Å². The van der Waals surface area contributed by atoms with Crippen molar-refractivity contribution in [3.63, 3.8) is 0 Å². The Bertz CT molecular complexity index is 612.